The lowest BCUT2D eigenvalue weighted by Gasteiger charge is -2.08. The van der Waals surface area contributed by atoms with Crippen molar-refractivity contribution in [3.05, 3.63) is 65.7 Å². The second-order valence-electron chi connectivity index (χ2n) is 4.64. The van der Waals surface area contributed by atoms with Gasteiger partial charge in [-0.2, -0.15) is 0 Å². The third kappa shape index (κ3) is 4.38. The first-order chi connectivity index (χ1) is 9.78. The van der Waals surface area contributed by atoms with E-state index in [1.807, 2.05) is 6.92 Å². The lowest BCUT2D eigenvalue weighted by molar-refractivity contribution is 0.576. The maximum atomic E-state index is 12.1. The van der Waals surface area contributed by atoms with E-state index in [-0.39, 0.29) is 10.6 Å². The zero-order valence-corrected chi connectivity index (χ0v) is 13.0. The number of sulfonamides is 2. The minimum absolute atomic E-state index is 0.0789. The summed E-state index contributed by atoms with van der Waals surface area (Å²) in [6.07, 6.45) is 0. The topological polar surface area (TPSA) is 80.3 Å². The van der Waals surface area contributed by atoms with E-state index in [4.69, 9.17) is 0 Å². The summed E-state index contributed by atoms with van der Waals surface area (Å²) in [7, 11) is -8.08. The Bertz CT molecular complexity index is 811. The number of nitrogens with one attached hydrogen (secondary N) is 1. The minimum atomic E-state index is -4.09. The molecule has 7 heteroatoms. The summed E-state index contributed by atoms with van der Waals surface area (Å²) in [5.41, 5.74) is 1.41. The third-order valence-corrected chi connectivity index (χ3v) is 6.27. The number of benzene rings is 2. The molecule has 2 aromatic carbocycles. The van der Waals surface area contributed by atoms with Crippen LogP contribution in [-0.4, -0.2) is 16.8 Å². The van der Waals surface area contributed by atoms with Gasteiger partial charge in [-0.05, 0) is 24.6 Å². The van der Waals surface area contributed by atoms with E-state index in [1.54, 1.807) is 46.6 Å². The molecule has 0 aromatic heterocycles. The van der Waals surface area contributed by atoms with E-state index in [2.05, 4.69) is 0 Å². The van der Waals surface area contributed by atoms with E-state index in [0.717, 1.165) is 5.56 Å². The number of hydrogen-bond donors (Lipinski definition) is 1. The van der Waals surface area contributed by atoms with Gasteiger partial charge in [-0.25, -0.2) is 16.8 Å². The summed E-state index contributed by atoms with van der Waals surface area (Å²) in [5, 5.41) is 0. The Morgan fingerprint density at radius 2 is 1.43 bits per heavy atom. The van der Waals surface area contributed by atoms with E-state index >= 15 is 0 Å². The molecule has 0 spiro atoms. The highest BCUT2D eigenvalue weighted by atomic mass is 32.3. The summed E-state index contributed by atoms with van der Waals surface area (Å²) in [6, 6.07) is 14.4. The molecule has 1 N–H and O–H groups in total. The molecule has 0 atom stereocenters. The van der Waals surface area contributed by atoms with Gasteiger partial charge in [0.1, 0.15) is 0 Å². The van der Waals surface area contributed by atoms with Gasteiger partial charge < -0.3 is 0 Å². The van der Waals surface area contributed by atoms with Gasteiger partial charge in [0, 0.05) is 0 Å². The summed E-state index contributed by atoms with van der Waals surface area (Å²) in [5.74, 6) is -0.390. The van der Waals surface area contributed by atoms with Gasteiger partial charge >= 0.3 is 0 Å². The third-order valence-electron chi connectivity index (χ3n) is 2.77. The highest BCUT2D eigenvalue weighted by Gasteiger charge is 2.22. The average Bonchev–Trinajstić information content (AvgIpc) is 2.38. The zero-order valence-electron chi connectivity index (χ0n) is 11.4. The van der Waals surface area contributed by atoms with Crippen molar-refractivity contribution < 1.29 is 16.8 Å². The first-order valence-corrected chi connectivity index (χ1v) is 9.29. The maximum absolute atomic E-state index is 12.1. The molecule has 0 aliphatic heterocycles. The molecule has 0 aliphatic rings. The molecule has 0 amide bonds. The molecule has 0 saturated heterocycles. The number of hydrogen-bond acceptors (Lipinski definition) is 4. The molecule has 21 heavy (non-hydrogen) atoms. The standard InChI is InChI=1S/C14H15NO4S2/c1-12-7-9-14(10-8-12)21(18,19)15-20(16,17)11-13-5-3-2-4-6-13/h2-10,15H,11H2,1H3. The second-order valence-corrected chi connectivity index (χ2v) is 8.31. The van der Waals surface area contributed by atoms with Crippen molar-refractivity contribution in [2.75, 3.05) is 0 Å². The van der Waals surface area contributed by atoms with Crippen LogP contribution in [0.15, 0.2) is 59.5 Å². The van der Waals surface area contributed by atoms with Gasteiger partial charge in [-0.15, -0.1) is 4.13 Å². The average molecular weight is 325 g/mol. The van der Waals surface area contributed by atoms with E-state index in [9.17, 15) is 16.8 Å². The fourth-order valence-electron chi connectivity index (χ4n) is 1.76. The summed E-state index contributed by atoms with van der Waals surface area (Å²) in [4.78, 5) is -0.0789. The van der Waals surface area contributed by atoms with Gasteiger partial charge in [0.05, 0.1) is 10.6 Å². The molecular formula is C14H15NO4S2. The van der Waals surface area contributed by atoms with Gasteiger partial charge in [0.25, 0.3) is 10.0 Å². The summed E-state index contributed by atoms with van der Waals surface area (Å²) >= 11 is 0. The van der Waals surface area contributed by atoms with Crippen LogP contribution in [0.5, 0.6) is 0 Å². The lowest BCUT2D eigenvalue weighted by Crippen LogP contribution is -2.31. The van der Waals surface area contributed by atoms with Crippen molar-refractivity contribution in [2.45, 2.75) is 17.6 Å². The molecule has 0 heterocycles. The zero-order chi connectivity index (χ0) is 15.5. The quantitative estimate of drug-likeness (QED) is 0.909. The van der Waals surface area contributed by atoms with Crippen molar-refractivity contribution in [2.24, 2.45) is 0 Å². The van der Waals surface area contributed by atoms with E-state index in [1.165, 1.54) is 12.1 Å². The fraction of sp³-hybridized carbons (Fsp3) is 0.143. The Labute approximate surface area is 124 Å². The van der Waals surface area contributed by atoms with Crippen LogP contribution in [0, 0.1) is 6.92 Å². The van der Waals surface area contributed by atoms with E-state index < -0.39 is 20.0 Å². The Hall–Kier alpha value is -1.70. The molecule has 2 rings (SSSR count). The Morgan fingerprint density at radius 3 is 2.00 bits per heavy atom. The molecule has 5 nitrogen and oxygen atoms in total. The molecule has 0 saturated carbocycles. The smallest absolute Gasteiger partial charge is 0.211 e. The van der Waals surface area contributed by atoms with Crippen LogP contribution in [0.1, 0.15) is 11.1 Å². The predicted octanol–water partition coefficient (Wildman–Crippen LogP) is 1.80. The second kappa shape index (κ2) is 5.97. The minimum Gasteiger partial charge on any atom is -0.211 e. The van der Waals surface area contributed by atoms with Crippen LogP contribution in [0.25, 0.3) is 0 Å². The highest BCUT2D eigenvalue weighted by molar-refractivity contribution is 8.04. The van der Waals surface area contributed by atoms with Gasteiger partial charge in [-0.3, -0.25) is 0 Å². The molecular weight excluding hydrogens is 310 g/mol. The first kappa shape index (κ1) is 15.7. The molecule has 0 unspecified atom stereocenters. The Balaban J connectivity index is 2.21. The summed E-state index contributed by atoms with van der Waals surface area (Å²) in [6.45, 7) is 1.82. The lowest BCUT2D eigenvalue weighted by atomic mass is 10.2. The van der Waals surface area contributed by atoms with Crippen molar-refractivity contribution in [3.8, 4) is 0 Å². The van der Waals surface area contributed by atoms with Crippen LogP contribution in [-0.2, 0) is 25.8 Å². The van der Waals surface area contributed by atoms with Gasteiger partial charge in [0.15, 0.2) is 0 Å². The molecule has 0 bridgehead atoms. The monoisotopic (exact) mass is 325 g/mol. The normalized spacial score (nSPS) is 12.2. The first-order valence-electron chi connectivity index (χ1n) is 6.15. The highest BCUT2D eigenvalue weighted by Crippen LogP contribution is 2.12. The van der Waals surface area contributed by atoms with Crippen LogP contribution >= 0.6 is 0 Å². The molecule has 0 aliphatic carbocycles. The Morgan fingerprint density at radius 1 is 0.857 bits per heavy atom. The molecule has 0 radical (unpaired) electrons. The van der Waals surface area contributed by atoms with Crippen molar-refractivity contribution in [1.29, 1.82) is 0 Å². The van der Waals surface area contributed by atoms with Gasteiger partial charge in [0.2, 0.25) is 10.0 Å². The van der Waals surface area contributed by atoms with Crippen LogP contribution in [0.4, 0.5) is 0 Å². The Kier molecular flexibility index (Phi) is 4.46. The van der Waals surface area contributed by atoms with Crippen molar-refractivity contribution >= 4 is 20.0 Å². The number of aryl methyl sites for hydroxylation is 1. The van der Waals surface area contributed by atoms with Crippen molar-refractivity contribution in [1.82, 2.24) is 4.13 Å². The summed E-state index contributed by atoms with van der Waals surface area (Å²) < 4.78 is 49.8. The van der Waals surface area contributed by atoms with E-state index in [0.29, 0.717) is 5.56 Å². The SMILES string of the molecule is Cc1ccc(S(=O)(=O)NS(=O)(=O)Cc2ccccc2)cc1. The van der Waals surface area contributed by atoms with Crippen molar-refractivity contribution in [3.63, 3.8) is 0 Å². The molecule has 2 aromatic rings. The van der Waals surface area contributed by atoms with Gasteiger partial charge in [-0.1, -0.05) is 48.0 Å². The van der Waals surface area contributed by atoms with Crippen LogP contribution in [0.2, 0.25) is 0 Å². The van der Waals surface area contributed by atoms with Crippen LogP contribution in [0.3, 0.4) is 0 Å². The maximum Gasteiger partial charge on any atom is 0.253 e. The predicted molar refractivity (Wildman–Crippen MR) is 80.6 cm³/mol. The molecule has 112 valence electrons. The fourth-order valence-corrected chi connectivity index (χ4v) is 4.84. The number of rotatable bonds is 5. The van der Waals surface area contributed by atoms with Crippen LogP contribution < -0.4 is 4.13 Å². The largest absolute Gasteiger partial charge is 0.253 e. The molecule has 0 fully saturated rings.